The molecule has 0 aliphatic carbocycles. The number of carbonyl (C=O) groups is 1. The maximum Gasteiger partial charge on any atom is 0.270 e. The van der Waals surface area contributed by atoms with Gasteiger partial charge < -0.3 is 15.2 Å². The lowest BCUT2D eigenvalue weighted by atomic mass is 9.90. The van der Waals surface area contributed by atoms with E-state index in [2.05, 4.69) is 6.92 Å². The zero-order valence-electron chi connectivity index (χ0n) is 11.5. The van der Waals surface area contributed by atoms with Gasteiger partial charge in [0.1, 0.15) is 5.69 Å². The summed E-state index contributed by atoms with van der Waals surface area (Å²) in [6, 6.07) is 4.07. The Morgan fingerprint density at radius 2 is 2.22 bits per heavy atom. The number of hydrogen-bond donors (Lipinski definition) is 1. The Bertz CT molecular complexity index is 438. The molecule has 0 aromatic carbocycles. The van der Waals surface area contributed by atoms with Crippen molar-refractivity contribution in [1.29, 1.82) is 0 Å². The van der Waals surface area contributed by atoms with E-state index >= 15 is 0 Å². The maximum atomic E-state index is 12.6. The van der Waals surface area contributed by atoms with Crippen LogP contribution < -0.4 is 5.73 Å². The topological polar surface area (TPSA) is 51.3 Å². The standard InChI is InChI=1S/C14H23N3O/c1-10-5-4-8-17(13(10)9-15)14(18)12-7-6-11(2)16(12)3/h6-7,10,13H,4-5,8-9,15H2,1-3H3/t10-,13-/m1/s1. The number of carbonyl (C=O) groups excluding carboxylic acids is 1. The molecule has 0 saturated carbocycles. The predicted molar refractivity (Wildman–Crippen MR) is 72.4 cm³/mol. The third-order valence-corrected chi connectivity index (χ3v) is 4.21. The van der Waals surface area contributed by atoms with Gasteiger partial charge >= 0.3 is 0 Å². The quantitative estimate of drug-likeness (QED) is 0.864. The number of aromatic nitrogens is 1. The molecule has 2 heterocycles. The number of hydrogen-bond acceptors (Lipinski definition) is 2. The molecule has 2 rings (SSSR count). The molecule has 1 fully saturated rings. The minimum absolute atomic E-state index is 0.118. The molecule has 0 bridgehead atoms. The zero-order valence-corrected chi connectivity index (χ0v) is 11.5. The molecule has 4 nitrogen and oxygen atoms in total. The summed E-state index contributed by atoms with van der Waals surface area (Å²) in [6.07, 6.45) is 2.24. The summed E-state index contributed by atoms with van der Waals surface area (Å²) in [6.45, 7) is 5.58. The van der Waals surface area contributed by atoms with Gasteiger partial charge in [0.05, 0.1) is 0 Å². The van der Waals surface area contributed by atoms with Gasteiger partial charge in [-0.2, -0.15) is 0 Å². The molecule has 0 spiro atoms. The van der Waals surface area contributed by atoms with Gasteiger partial charge in [-0.1, -0.05) is 6.92 Å². The molecule has 1 amide bonds. The number of nitrogens with two attached hydrogens (primary N) is 1. The maximum absolute atomic E-state index is 12.6. The lowest BCUT2D eigenvalue weighted by molar-refractivity contribution is 0.0522. The van der Waals surface area contributed by atoms with E-state index in [1.807, 2.05) is 35.6 Å². The van der Waals surface area contributed by atoms with E-state index in [9.17, 15) is 4.79 Å². The Kier molecular flexibility index (Phi) is 3.76. The van der Waals surface area contributed by atoms with Crippen molar-refractivity contribution in [2.45, 2.75) is 32.7 Å². The SMILES string of the molecule is Cc1ccc(C(=O)N2CCC[C@@H](C)[C@H]2CN)n1C. The van der Waals surface area contributed by atoms with E-state index in [4.69, 9.17) is 5.73 Å². The van der Waals surface area contributed by atoms with Crippen molar-refractivity contribution in [2.24, 2.45) is 18.7 Å². The van der Waals surface area contributed by atoms with E-state index in [0.29, 0.717) is 12.5 Å². The van der Waals surface area contributed by atoms with Gasteiger partial charge in [-0.3, -0.25) is 4.79 Å². The van der Waals surface area contributed by atoms with E-state index < -0.39 is 0 Å². The predicted octanol–water partition coefficient (Wildman–Crippen LogP) is 1.53. The van der Waals surface area contributed by atoms with Crippen LogP contribution in [0.3, 0.4) is 0 Å². The van der Waals surface area contributed by atoms with Gasteiger partial charge in [0, 0.05) is 31.9 Å². The molecule has 1 aliphatic heterocycles. The highest BCUT2D eigenvalue weighted by Gasteiger charge is 2.32. The average Bonchev–Trinajstić information content (AvgIpc) is 2.69. The molecule has 2 N–H and O–H groups in total. The summed E-state index contributed by atoms with van der Waals surface area (Å²) in [5.41, 5.74) is 7.71. The highest BCUT2D eigenvalue weighted by Crippen LogP contribution is 2.24. The van der Waals surface area contributed by atoms with Crippen LogP contribution in [-0.4, -0.2) is 34.5 Å². The van der Waals surface area contributed by atoms with Crippen LogP contribution in [0.25, 0.3) is 0 Å². The average molecular weight is 249 g/mol. The first-order valence-corrected chi connectivity index (χ1v) is 6.69. The van der Waals surface area contributed by atoms with E-state index in [0.717, 1.165) is 30.8 Å². The van der Waals surface area contributed by atoms with Gasteiger partial charge in [0.15, 0.2) is 0 Å². The molecule has 18 heavy (non-hydrogen) atoms. The lowest BCUT2D eigenvalue weighted by Gasteiger charge is -2.39. The molecule has 2 atom stereocenters. The summed E-state index contributed by atoms with van der Waals surface area (Å²) in [5.74, 6) is 0.613. The summed E-state index contributed by atoms with van der Waals surface area (Å²) in [7, 11) is 1.94. The number of nitrogens with zero attached hydrogens (tertiary/aromatic N) is 2. The summed E-state index contributed by atoms with van der Waals surface area (Å²) >= 11 is 0. The fourth-order valence-electron chi connectivity index (χ4n) is 2.84. The van der Waals surface area contributed by atoms with Gasteiger partial charge in [-0.25, -0.2) is 0 Å². The number of amides is 1. The first kappa shape index (κ1) is 13.1. The highest BCUT2D eigenvalue weighted by molar-refractivity contribution is 5.93. The molecule has 0 unspecified atom stereocenters. The van der Waals surface area contributed by atoms with Crippen LogP contribution in [0.1, 0.15) is 35.9 Å². The van der Waals surface area contributed by atoms with Crippen LogP contribution in [0.2, 0.25) is 0 Å². The molecule has 1 aromatic rings. The normalized spacial score (nSPS) is 24.3. The van der Waals surface area contributed by atoms with E-state index in [-0.39, 0.29) is 11.9 Å². The Labute approximate surface area is 109 Å². The number of piperidine rings is 1. The van der Waals surface area contributed by atoms with Crippen LogP contribution >= 0.6 is 0 Å². The Morgan fingerprint density at radius 3 is 2.78 bits per heavy atom. The Morgan fingerprint density at radius 1 is 1.50 bits per heavy atom. The Hall–Kier alpha value is -1.29. The second-order valence-corrected chi connectivity index (χ2v) is 5.34. The minimum atomic E-state index is 0.118. The molecule has 0 radical (unpaired) electrons. The molecular formula is C14H23N3O. The van der Waals surface area contributed by atoms with Crippen LogP contribution in [0.4, 0.5) is 0 Å². The summed E-state index contributed by atoms with van der Waals surface area (Å²) in [4.78, 5) is 14.6. The van der Waals surface area contributed by atoms with Crippen LogP contribution in [0.15, 0.2) is 12.1 Å². The Balaban J connectivity index is 2.24. The van der Waals surface area contributed by atoms with Crippen molar-refractivity contribution in [2.75, 3.05) is 13.1 Å². The summed E-state index contributed by atoms with van der Waals surface area (Å²) < 4.78 is 1.95. The largest absolute Gasteiger partial charge is 0.344 e. The van der Waals surface area contributed by atoms with E-state index in [1.165, 1.54) is 0 Å². The van der Waals surface area contributed by atoms with Crippen molar-refractivity contribution in [3.8, 4) is 0 Å². The third-order valence-electron chi connectivity index (χ3n) is 4.21. The molecule has 1 saturated heterocycles. The smallest absolute Gasteiger partial charge is 0.270 e. The van der Waals surface area contributed by atoms with Gasteiger partial charge in [-0.05, 0) is 37.8 Å². The van der Waals surface area contributed by atoms with Crippen molar-refractivity contribution >= 4 is 5.91 Å². The summed E-state index contributed by atoms with van der Waals surface area (Å²) in [5, 5.41) is 0. The third kappa shape index (κ3) is 2.17. The van der Waals surface area contributed by atoms with Crippen LogP contribution in [-0.2, 0) is 7.05 Å². The lowest BCUT2D eigenvalue weighted by Crippen LogP contribution is -2.51. The number of likely N-dealkylation sites (tertiary alicyclic amines) is 1. The van der Waals surface area contributed by atoms with Crippen LogP contribution in [0, 0.1) is 12.8 Å². The molecule has 1 aromatic heterocycles. The second kappa shape index (κ2) is 5.14. The molecular weight excluding hydrogens is 226 g/mol. The van der Waals surface area contributed by atoms with E-state index in [1.54, 1.807) is 0 Å². The van der Waals surface area contributed by atoms with Crippen molar-refractivity contribution in [1.82, 2.24) is 9.47 Å². The van der Waals surface area contributed by atoms with Crippen LogP contribution in [0.5, 0.6) is 0 Å². The van der Waals surface area contributed by atoms with Gasteiger partial charge in [0.2, 0.25) is 0 Å². The number of rotatable bonds is 2. The number of aryl methyl sites for hydroxylation is 1. The molecule has 100 valence electrons. The molecule has 4 heteroatoms. The fraction of sp³-hybridized carbons (Fsp3) is 0.643. The first-order chi connectivity index (χ1) is 8.56. The first-order valence-electron chi connectivity index (χ1n) is 6.69. The van der Waals surface area contributed by atoms with Gasteiger partial charge in [0.25, 0.3) is 5.91 Å². The van der Waals surface area contributed by atoms with Gasteiger partial charge in [-0.15, -0.1) is 0 Å². The second-order valence-electron chi connectivity index (χ2n) is 5.34. The fourth-order valence-corrected chi connectivity index (χ4v) is 2.84. The van der Waals surface area contributed by atoms with Crippen molar-refractivity contribution in [3.05, 3.63) is 23.5 Å². The molecule has 1 aliphatic rings. The monoisotopic (exact) mass is 249 g/mol. The van der Waals surface area contributed by atoms with Crippen molar-refractivity contribution < 1.29 is 4.79 Å². The highest BCUT2D eigenvalue weighted by atomic mass is 16.2. The minimum Gasteiger partial charge on any atom is -0.344 e. The zero-order chi connectivity index (χ0) is 13.3. The van der Waals surface area contributed by atoms with Crippen molar-refractivity contribution in [3.63, 3.8) is 0 Å².